The number of rotatable bonds is 5. The van der Waals surface area contributed by atoms with Crippen LogP contribution in [0.2, 0.25) is 0 Å². The number of hydrogen-bond donors (Lipinski definition) is 2. The summed E-state index contributed by atoms with van der Waals surface area (Å²) in [6.45, 7) is 2.82. The molecule has 0 unspecified atom stereocenters. The molecule has 130 valence electrons. The number of benzene rings is 1. The Morgan fingerprint density at radius 3 is 2.38 bits per heavy atom. The molecule has 2 N–H and O–H groups in total. The maximum absolute atomic E-state index is 12.4. The molecule has 1 aliphatic carbocycles. The third-order valence-electron chi connectivity index (χ3n) is 5.34. The Morgan fingerprint density at radius 2 is 1.75 bits per heavy atom. The molecule has 5 nitrogen and oxygen atoms in total. The molecule has 0 aromatic heterocycles. The van der Waals surface area contributed by atoms with E-state index in [2.05, 4.69) is 34.5 Å². The summed E-state index contributed by atoms with van der Waals surface area (Å²) < 4.78 is 0. The largest absolute Gasteiger partial charge is 0.481 e. The van der Waals surface area contributed by atoms with Crippen molar-refractivity contribution in [2.24, 2.45) is 11.8 Å². The molecule has 1 aliphatic heterocycles. The highest BCUT2D eigenvalue weighted by molar-refractivity contribution is 5.79. The number of carbonyl (C=O) groups excluding carboxylic acids is 1. The van der Waals surface area contributed by atoms with E-state index in [1.165, 1.54) is 5.56 Å². The van der Waals surface area contributed by atoms with Crippen LogP contribution in [0.25, 0.3) is 0 Å². The Bertz CT molecular complexity index is 567. The second kappa shape index (κ2) is 7.79. The molecule has 3 rings (SSSR count). The van der Waals surface area contributed by atoms with Gasteiger partial charge in [-0.1, -0.05) is 30.3 Å². The number of nitrogens with zero attached hydrogens (tertiary/aromatic N) is 1. The van der Waals surface area contributed by atoms with E-state index in [4.69, 9.17) is 5.11 Å². The maximum Gasteiger partial charge on any atom is 0.306 e. The van der Waals surface area contributed by atoms with Crippen LogP contribution < -0.4 is 5.32 Å². The molecule has 0 spiro atoms. The van der Waals surface area contributed by atoms with Gasteiger partial charge >= 0.3 is 5.97 Å². The van der Waals surface area contributed by atoms with Gasteiger partial charge in [-0.25, -0.2) is 0 Å². The number of carbonyl (C=O) groups is 2. The Balaban J connectivity index is 1.41. The van der Waals surface area contributed by atoms with Crippen molar-refractivity contribution < 1.29 is 14.7 Å². The molecular formula is C19H26N2O3. The molecule has 24 heavy (non-hydrogen) atoms. The summed E-state index contributed by atoms with van der Waals surface area (Å²) in [4.78, 5) is 25.8. The lowest BCUT2D eigenvalue weighted by Gasteiger charge is -2.31. The second-order valence-electron chi connectivity index (χ2n) is 7.09. The van der Waals surface area contributed by atoms with Gasteiger partial charge in [0.15, 0.2) is 0 Å². The summed E-state index contributed by atoms with van der Waals surface area (Å²) in [5, 5.41) is 12.1. The summed E-state index contributed by atoms with van der Waals surface area (Å²) in [6, 6.07) is 10.5. The molecule has 5 heteroatoms. The van der Waals surface area contributed by atoms with Gasteiger partial charge in [0.25, 0.3) is 0 Å². The standard InChI is InChI=1S/C19H26N2O3/c22-18(20-17-7-6-16(12-17)19(23)24)15-8-10-21(11-9-15)13-14-4-2-1-3-5-14/h1-5,15-17H,6-13H2,(H,20,22)(H,23,24)/t16-,17+/m1/s1. The number of amides is 1. The van der Waals surface area contributed by atoms with Crippen LogP contribution in [0.1, 0.15) is 37.7 Å². The van der Waals surface area contributed by atoms with E-state index in [-0.39, 0.29) is 23.8 Å². The van der Waals surface area contributed by atoms with E-state index in [0.717, 1.165) is 38.9 Å². The predicted octanol–water partition coefficient (Wildman–Crippen LogP) is 2.27. The lowest BCUT2D eigenvalue weighted by molar-refractivity contribution is -0.141. The summed E-state index contributed by atoms with van der Waals surface area (Å²) >= 11 is 0. The Kier molecular flexibility index (Phi) is 5.51. The molecule has 1 heterocycles. The van der Waals surface area contributed by atoms with Crippen molar-refractivity contribution in [2.45, 2.75) is 44.7 Å². The smallest absolute Gasteiger partial charge is 0.306 e. The van der Waals surface area contributed by atoms with Crippen molar-refractivity contribution in [2.75, 3.05) is 13.1 Å². The average Bonchev–Trinajstić information content (AvgIpc) is 3.05. The summed E-state index contributed by atoms with van der Waals surface area (Å²) in [5.41, 5.74) is 1.31. The molecule has 2 aliphatic rings. The number of hydrogen-bond acceptors (Lipinski definition) is 3. The summed E-state index contributed by atoms with van der Waals surface area (Å²) in [5.74, 6) is -0.838. The number of nitrogens with one attached hydrogen (secondary N) is 1. The Hall–Kier alpha value is -1.88. The molecule has 1 amide bonds. The first-order valence-electron chi connectivity index (χ1n) is 8.91. The fraction of sp³-hybridized carbons (Fsp3) is 0.579. The third kappa shape index (κ3) is 4.35. The van der Waals surface area contributed by atoms with Gasteiger partial charge in [0.1, 0.15) is 0 Å². The maximum atomic E-state index is 12.4. The number of piperidine rings is 1. The molecule has 1 aromatic carbocycles. The van der Waals surface area contributed by atoms with Gasteiger partial charge in [-0.3, -0.25) is 14.5 Å². The minimum absolute atomic E-state index is 0.0425. The van der Waals surface area contributed by atoms with Crippen molar-refractivity contribution in [3.63, 3.8) is 0 Å². The quantitative estimate of drug-likeness (QED) is 0.869. The lowest BCUT2D eigenvalue weighted by atomic mass is 9.95. The van der Waals surface area contributed by atoms with Crippen LogP contribution in [0, 0.1) is 11.8 Å². The van der Waals surface area contributed by atoms with Crippen LogP contribution in [0.15, 0.2) is 30.3 Å². The Labute approximate surface area is 143 Å². The lowest BCUT2D eigenvalue weighted by Crippen LogP contribution is -2.43. The number of aliphatic carboxylic acids is 1. The molecule has 1 saturated heterocycles. The van der Waals surface area contributed by atoms with Crippen LogP contribution in [-0.2, 0) is 16.1 Å². The monoisotopic (exact) mass is 330 g/mol. The van der Waals surface area contributed by atoms with E-state index in [1.807, 2.05) is 6.07 Å². The molecule has 1 saturated carbocycles. The van der Waals surface area contributed by atoms with Crippen molar-refractivity contribution in [3.05, 3.63) is 35.9 Å². The third-order valence-corrected chi connectivity index (χ3v) is 5.34. The van der Waals surface area contributed by atoms with Crippen LogP contribution in [-0.4, -0.2) is 41.0 Å². The fourth-order valence-corrected chi connectivity index (χ4v) is 3.85. The molecule has 1 aromatic rings. The SMILES string of the molecule is O=C(N[C@H]1CC[C@@H](C(=O)O)C1)C1CCN(Cc2ccccc2)CC1. The van der Waals surface area contributed by atoms with E-state index in [1.54, 1.807) is 0 Å². The molecule has 2 fully saturated rings. The van der Waals surface area contributed by atoms with Gasteiger partial charge in [-0.05, 0) is 50.8 Å². The summed E-state index contributed by atoms with van der Waals surface area (Å²) in [6.07, 6.45) is 3.81. The van der Waals surface area contributed by atoms with Crippen molar-refractivity contribution >= 4 is 11.9 Å². The van der Waals surface area contributed by atoms with Crippen molar-refractivity contribution in [3.8, 4) is 0 Å². The van der Waals surface area contributed by atoms with E-state index in [9.17, 15) is 9.59 Å². The first-order valence-corrected chi connectivity index (χ1v) is 8.91. The first kappa shape index (κ1) is 17.0. The minimum atomic E-state index is -0.735. The molecule has 0 bridgehead atoms. The molecule has 0 radical (unpaired) electrons. The van der Waals surface area contributed by atoms with Gasteiger partial charge in [-0.2, -0.15) is 0 Å². The topological polar surface area (TPSA) is 69.6 Å². The highest BCUT2D eigenvalue weighted by Crippen LogP contribution is 2.27. The van der Waals surface area contributed by atoms with Crippen LogP contribution >= 0.6 is 0 Å². The molecular weight excluding hydrogens is 304 g/mol. The van der Waals surface area contributed by atoms with Gasteiger partial charge in [0, 0.05) is 18.5 Å². The predicted molar refractivity (Wildman–Crippen MR) is 91.4 cm³/mol. The highest BCUT2D eigenvalue weighted by atomic mass is 16.4. The fourth-order valence-electron chi connectivity index (χ4n) is 3.85. The van der Waals surface area contributed by atoms with Crippen molar-refractivity contribution in [1.29, 1.82) is 0 Å². The van der Waals surface area contributed by atoms with E-state index >= 15 is 0 Å². The Morgan fingerprint density at radius 1 is 1.04 bits per heavy atom. The van der Waals surface area contributed by atoms with Crippen molar-refractivity contribution in [1.82, 2.24) is 10.2 Å². The van der Waals surface area contributed by atoms with E-state index in [0.29, 0.717) is 12.8 Å². The minimum Gasteiger partial charge on any atom is -0.481 e. The summed E-state index contributed by atoms with van der Waals surface area (Å²) in [7, 11) is 0. The van der Waals surface area contributed by atoms with Gasteiger partial charge in [0.05, 0.1) is 5.92 Å². The van der Waals surface area contributed by atoms with Gasteiger partial charge < -0.3 is 10.4 Å². The zero-order valence-electron chi connectivity index (χ0n) is 14.0. The highest BCUT2D eigenvalue weighted by Gasteiger charge is 2.32. The number of carboxylic acid groups (broad SMARTS) is 1. The van der Waals surface area contributed by atoms with Crippen LogP contribution in [0.4, 0.5) is 0 Å². The first-order chi connectivity index (χ1) is 11.6. The molecule has 2 atom stereocenters. The number of carboxylic acids is 1. The second-order valence-corrected chi connectivity index (χ2v) is 7.09. The zero-order valence-corrected chi connectivity index (χ0v) is 14.0. The van der Waals surface area contributed by atoms with Crippen LogP contribution in [0.3, 0.4) is 0 Å². The van der Waals surface area contributed by atoms with E-state index < -0.39 is 5.97 Å². The van der Waals surface area contributed by atoms with Gasteiger partial charge in [-0.15, -0.1) is 0 Å². The van der Waals surface area contributed by atoms with Crippen LogP contribution in [0.5, 0.6) is 0 Å². The number of likely N-dealkylation sites (tertiary alicyclic amines) is 1. The van der Waals surface area contributed by atoms with Gasteiger partial charge in [0.2, 0.25) is 5.91 Å². The normalized spacial score (nSPS) is 25.5. The average molecular weight is 330 g/mol. The zero-order chi connectivity index (χ0) is 16.9.